The van der Waals surface area contributed by atoms with Gasteiger partial charge in [0, 0.05) is 0 Å². The second-order valence-corrected chi connectivity index (χ2v) is 4.69. The summed E-state index contributed by atoms with van der Waals surface area (Å²) in [6.07, 6.45) is 2.73. The molecule has 0 fully saturated rings. The predicted molar refractivity (Wildman–Crippen MR) is 65.9 cm³/mol. The fraction of sp³-hybridized carbons (Fsp3) is 0.385. The molecule has 0 aliphatic heterocycles. The van der Waals surface area contributed by atoms with Gasteiger partial charge in [0.15, 0.2) is 0 Å². The summed E-state index contributed by atoms with van der Waals surface area (Å²) in [4.78, 5) is 0. The lowest BCUT2D eigenvalue weighted by Crippen LogP contribution is -2.23. The zero-order valence-corrected chi connectivity index (χ0v) is 10.0. The fourth-order valence-electron chi connectivity index (χ4n) is 2.48. The first kappa shape index (κ1) is 11.3. The number of fused-ring (bicyclic) bond motifs is 1. The van der Waals surface area contributed by atoms with Crippen LogP contribution in [0.2, 0.25) is 0 Å². The Morgan fingerprint density at radius 3 is 3.00 bits per heavy atom. The van der Waals surface area contributed by atoms with Crippen molar-refractivity contribution in [3.63, 3.8) is 0 Å². The number of hydrogen-bond acceptors (Lipinski definition) is 3. The molecule has 18 heavy (non-hydrogen) atoms. The maximum absolute atomic E-state index is 13.8. The minimum atomic E-state index is -0.272. The van der Waals surface area contributed by atoms with Crippen molar-refractivity contribution in [1.29, 1.82) is 0 Å². The van der Waals surface area contributed by atoms with E-state index in [0.717, 1.165) is 30.7 Å². The van der Waals surface area contributed by atoms with Gasteiger partial charge in [-0.3, -0.25) is 0 Å². The van der Waals surface area contributed by atoms with Gasteiger partial charge in [-0.05, 0) is 43.9 Å². The van der Waals surface area contributed by atoms with Gasteiger partial charge in [-0.25, -0.2) is 9.07 Å². The topological polar surface area (TPSA) is 56.7 Å². The highest BCUT2D eigenvalue weighted by atomic mass is 19.1. The Hall–Kier alpha value is -1.75. The molecule has 0 amide bonds. The van der Waals surface area contributed by atoms with Crippen molar-refractivity contribution in [2.75, 3.05) is 6.54 Å². The van der Waals surface area contributed by atoms with E-state index < -0.39 is 0 Å². The molecule has 1 unspecified atom stereocenters. The average molecular weight is 246 g/mol. The molecule has 1 aromatic carbocycles. The second kappa shape index (κ2) is 4.49. The van der Waals surface area contributed by atoms with Crippen molar-refractivity contribution in [2.45, 2.75) is 19.3 Å². The number of para-hydroxylation sites is 1. The molecule has 0 saturated carbocycles. The number of nitrogens with two attached hydrogens (primary N) is 1. The van der Waals surface area contributed by atoms with E-state index in [1.807, 2.05) is 0 Å². The molecule has 1 heterocycles. The maximum Gasteiger partial charge on any atom is 0.148 e. The van der Waals surface area contributed by atoms with Gasteiger partial charge in [-0.2, -0.15) is 0 Å². The largest absolute Gasteiger partial charge is 0.330 e. The monoisotopic (exact) mass is 246 g/mol. The molecule has 4 nitrogen and oxygen atoms in total. The van der Waals surface area contributed by atoms with Crippen molar-refractivity contribution < 1.29 is 4.39 Å². The van der Waals surface area contributed by atoms with E-state index in [1.54, 1.807) is 22.9 Å². The Morgan fingerprint density at radius 2 is 2.22 bits per heavy atom. The van der Waals surface area contributed by atoms with Gasteiger partial charge in [-0.1, -0.05) is 17.3 Å². The highest BCUT2D eigenvalue weighted by Gasteiger charge is 2.24. The van der Waals surface area contributed by atoms with E-state index in [2.05, 4.69) is 10.3 Å². The van der Waals surface area contributed by atoms with E-state index in [9.17, 15) is 4.39 Å². The van der Waals surface area contributed by atoms with Crippen LogP contribution >= 0.6 is 0 Å². The average Bonchev–Trinajstić information content (AvgIpc) is 2.82. The van der Waals surface area contributed by atoms with Gasteiger partial charge in [0.2, 0.25) is 0 Å². The molecule has 5 heteroatoms. The smallest absolute Gasteiger partial charge is 0.148 e. The zero-order chi connectivity index (χ0) is 12.5. The van der Waals surface area contributed by atoms with Crippen LogP contribution in [0.3, 0.4) is 0 Å². The number of nitrogens with zero attached hydrogens (tertiary/aromatic N) is 3. The summed E-state index contributed by atoms with van der Waals surface area (Å²) >= 11 is 0. The first-order valence-electron chi connectivity index (χ1n) is 6.18. The summed E-state index contributed by atoms with van der Waals surface area (Å²) in [7, 11) is 0. The lowest BCUT2D eigenvalue weighted by Gasteiger charge is -2.20. The van der Waals surface area contributed by atoms with Crippen LogP contribution in [-0.2, 0) is 12.8 Å². The molecule has 1 aromatic heterocycles. The zero-order valence-electron chi connectivity index (χ0n) is 10.0. The third-order valence-electron chi connectivity index (χ3n) is 3.53. The van der Waals surface area contributed by atoms with Gasteiger partial charge in [0.25, 0.3) is 0 Å². The van der Waals surface area contributed by atoms with Crippen LogP contribution in [0.25, 0.3) is 5.69 Å². The van der Waals surface area contributed by atoms with Gasteiger partial charge in [0.1, 0.15) is 11.5 Å². The number of benzene rings is 1. The van der Waals surface area contributed by atoms with Gasteiger partial charge in [0.05, 0.1) is 11.4 Å². The van der Waals surface area contributed by atoms with Crippen LogP contribution in [0, 0.1) is 11.7 Å². The molecule has 0 bridgehead atoms. The van der Waals surface area contributed by atoms with Gasteiger partial charge >= 0.3 is 0 Å². The number of hydrogen-bond donors (Lipinski definition) is 1. The molecule has 2 N–H and O–H groups in total. The minimum Gasteiger partial charge on any atom is -0.330 e. The van der Waals surface area contributed by atoms with E-state index in [1.165, 1.54) is 6.07 Å². The molecule has 2 aromatic rings. The van der Waals surface area contributed by atoms with E-state index in [4.69, 9.17) is 5.73 Å². The van der Waals surface area contributed by atoms with Gasteiger partial charge in [-0.15, -0.1) is 5.10 Å². The molecule has 3 rings (SSSR count). The molecule has 94 valence electrons. The van der Waals surface area contributed by atoms with Crippen LogP contribution in [0.1, 0.15) is 17.8 Å². The molecule has 1 aliphatic rings. The Bertz CT molecular complexity index is 564. The Labute approximate surface area is 105 Å². The fourth-order valence-corrected chi connectivity index (χ4v) is 2.48. The quantitative estimate of drug-likeness (QED) is 0.873. The summed E-state index contributed by atoms with van der Waals surface area (Å²) in [5.41, 5.74) is 8.13. The normalized spacial score (nSPS) is 18.7. The number of aromatic nitrogens is 3. The first-order valence-corrected chi connectivity index (χ1v) is 6.18. The molecule has 1 aliphatic carbocycles. The summed E-state index contributed by atoms with van der Waals surface area (Å²) in [6, 6.07) is 6.64. The summed E-state index contributed by atoms with van der Waals surface area (Å²) in [5, 5.41) is 8.25. The van der Waals surface area contributed by atoms with Crippen molar-refractivity contribution in [3.05, 3.63) is 41.5 Å². The lowest BCUT2D eigenvalue weighted by atomic mass is 9.90. The number of halogens is 1. The Kier molecular flexibility index (Phi) is 2.83. The Balaban J connectivity index is 2.01. The van der Waals surface area contributed by atoms with Crippen LogP contribution in [0.5, 0.6) is 0 Å². The van der Waals surface area contributed by atoms with Gasteiger partial charge < -0.3 is 5.73 Å². The summed E-state index contributed by atoms with van der Waals surface area (Å²) < 4.78 is 15.4. The van der Waals surface area contributed by atoms with Crippen LogP contribution in [0.15, 0.2) is 24.3 Å². The second-order valence-electron chi connectivity index (χ2n) is 4.69. The molecule has 1 atom stereocenters. The third kappa shape index (κ3) is 1.80. The predicted octanol–water partition coefficient (Wildman–Crippen LogP) is 1.47. The van der Waals surface area contributed by atoms with E-state index in [-0.39, 0.29) is 5.82 Å². The van der Waals surface area contributed by atoms with Crippen LogP contribution in [0.4, 0.5) is 4.39 Å². The Morgan fingerprint density at radius 1 is 1.39 bits per heavy atom. The third-order valence-corrected chi connectivity index (χ3v) is 3.53. The van der Waals surface area contributed by atoms with Crippen molar-refractivity contribution in [3.8, 4) is 5.69 Å². The molecular weight excluding hydrogens is 231 g/mol. The molecule has 0 radical (unpaired) electrons. The van der Waals surface area contributed by atoms with Crippen LogP contribution < -0.4 is 5.73 Å². The number of rotatable bonds is 2. The molecule has 0 spiro atoms. The van der Waals surface area contributed by atoms with E-state index >= 15 is 0 Å². The van der Waals surface area contributed by atoms with Crippen LogP contribution in [-0.4, -0.2) is 21.5 Å². The summed E-state index contributed by atoms with van der Waals surface area (Å²) in [5.74, 6) is 0.203. The highest BCUT2D eigenvalue weighted by Crippen LogP contribution is 2.25. The first-order chi connectivity index (χ1) is 8.79. The SMILES string of the molecule is NCC1CCc2c(nnn2-c2ccccc2F)C1. The molecular formula is C13H15FN4. The maximum atomic E-state index is 13.8. The molecule has 0 saturated heterocycles. The van der Waals surface area contributed by atoms with E-state index in [0.29, 0.717) is 18.2 Å². The standard InChI is InChI=1S/C13H15FN4/c14-10-3-1-2-4-12(10)18-13-6-5-9(8-15)7-11(13)16-17-18/h1-4,9H,5-8,15H2. The minimum absolute atomic E-state index is 0.272. The van der Waals surface area contributed by atoms with Crippen molar-refractivity contribution in [1.82, 2.24) is 15.0 Å². The summed E-state index contributed by atoms with van der Waals surface area (Å²) in [6.45, 7) is 0.673. The highest BCUT2D eigenvalue weighted by molar-refractivity contribution is 5.35. The lowest BCUT2D eigenvalue weighted by molar-refractivity contribution is 0.457. The van der Waals surface area contributed by atoms with Crippen molar-refractivity contribution >= 4 is 0 Å². The van der Waals surface area contributed by atoms with Crippen molar-refractivity contribution in [2.24, 2.45) is 11.7 Å².